The predicted octanol–water partition coefficient (Wildman–Crippen LogP) is 2.18. The van der Waals surface area contributed by atoms with Crippen molar-refractivity contribution in [1.29, 1.82) is 5.26 Å². The molecule has 0 aliphatic heterocycles. The van der Waals surface area contributed by atoms with Crippen molar-refractivity contribution < 1.29 is 0 Å². The summed E-state index contributed by atoms with van der Waals surface area (Å²) in [6, 6.07) is 6.14. The lowest BCUT2D eigenvalue weighted by atomic mass is 10.1. The Hall–Kier alpha value is -2.35. The van der Waals surface area contributed by atoms with Crippen molar-refractivity contribution >= 4 is 22.7 Å². The number of benzene rings is 1. The Labute approximate surface area is 112 Å². The van der Waals surface area contributed by atoms with Crippen molar-refractivity contribution in [2.75, 3.05) is 24.2 Å². The Kier molecular flexibility index (Phi) is 3.52. The van der Waals surface area contributed by atoms with Crippen LogP contribution in [0.1, 0.15) is 17.5 Å². The first-order chi connectivity index (χ1) is 9.02. The second kappa shape index (κ2) is 5.11. The van der Waals surface area contributed by atoms with Crippen LogP contribution in [0.4, 0.5) is 11.8 Å². The molecule has 0 aliphatic carbocycles. The summed E-state index contributed by atoms with van der Waals surface area (Å²) in [7, 11) is 1.86. The summed E-state index contributed by atoms with van der Waals surface area (Å²) in [4.78, 5) is 10.7. The fourth-order valence-corrected chi connectivity index (χ4v) is 1.89. The molecule has 0 unspecified atom stereocenters. The highest BCUT2D eigenvalue weighted by atomic mass is 15.2. The molecule has 19 heavy (non-hydrogen) atoms. The molecule has 0 radical (unpaired) electrons. The number of nitriles is 1. The molecule has 2 rings (SSSR count). The third-order valence-corrected chi connectivity index (χ3v) is 3.23. The molecule has 0 aliphatic rings. The Morgan fingerprint density at radius 3 is 2.63 bits per heavy atom. The summed E-state index contributed by atoms with van der Waals surface area (Å²) in [6.07, 6.45) is 0.435. The summed E-state index contributed by atoms with van der Waals surface area (Å²) < 4.78 is 0. The highest BCUT2D eigenvalue weighted by Gasteiger charge is 2.10. The lowest BCUT2D eigenvalue weighted by molar-refractivity contribution is 0.865. The van der Waals surface area contributed by atoms with Crippen LogP contribution in [0.25, 0.3) is 10.9 Å². The van der Waals surface area contributed by atoms with Crippen molar-refractivity contribution in [3.63, 3.8) is 0 Å². The smallest absolute Gasteiger partial charge is 0.227 e. The second-order valence-corrected chi connectivity index (χ2v) is 4.69. The van der Waals surface area contributed by atoms with Crippen molar-refractivity contribution in [3.05, 3.63) is 23.3 Å². The number of rotatable bonds is 3. The van der Waals surface area contributed by atoms with Crippen molar-refractivity contribution in [3.8, 4) is 6.07 Å². The van der Waals surface area contributed by atoms with Crippen LogP contribution in [0.15, 0.2) is 12.1 Å². The number of nitrogens with zero attached hydrogens (tertiary/aromatic N) is 4. The number of hydrogen-bond donors (Lipinski definition) is 1. The van der Waals surface area contributed by atoms with Gasteiger partial charge in [-0.05, 0) is 37.1 Å². The van der Waals surface area contributed by atoms with E-state index in [9.17, 15) is 0 Å². The van der Waals surface area contributed by atoms with Gasteiger partial charge < -0.3 is 10.6 Å². The lowest BCUT2D eigenvalue weighted by Gasteiger charge is -2.16. The normalized spacial score (nSPS) is 10.4. The molecule has 1 aromatic heterocycles. The first-order valence-corrected chi connectivity index (χ1v) is 6.15. The van der Waals surface area contributed by atoms with Crippen molar-refractivity contribution in [2.45, 2.75) is 20.3 Å². The van der Waals surface area contributed by atoms with Crippen LogP contribution >= 0.6 is 0 Å². The standard InChI is InChI=1S/C14H17N5/c1-9-7-11-12(8-10(9)2)17-14(18-13(11)16)19(3)6-4-5-15/h7-8H,4,6H2,1-3H3,(H2,16,17,18). The van der Waals surface area contributed by atoms with E-state index in [-0.39, 0.29) is 0 Å². The van der Waals surface area contributed by atoms with Crippen molar-refractivity contribution in [1.82, 2.24) is 9.97 Å². The van der Waals surface area contributed by atoms with Gasteiger partial charge in [0.1, 0.15) is 5.82 Å². The number of fused-ring (bicyclic) bond motifs is 1. The molecule has 98 valence electrons. The zero-order chi connectivity index (χ0) is 14.0. The molecule has 5 nitrogen and oxygen atoms in total. The molecule has 2 aromatic rings. The molecule has 0 fully saturated rings. The number of hydrogen-bond acceptors (Lipinski definition) is 5. The van der Waals surface area contributed by atoms with Gasteiger partial charge >= 0.3 is 0 Å². The van der Waals surface area contributed by atoms with E-state index in [4.69, 9.17) is 11.0 Å². The third kappa shape index (κ3) is 2.58. The molecule has 2 N–H and O–H groups in total. The molecule has 1 heterocycles. The first kappa shape index (κ1) is 13.1. The first-order valence-electron chi connectivity index (χ1n) is 6.15. The Morgan fingerprint density at radius 2 is 1.95 bits per heavy atom. The molecule has 1 aromatic carbocycles. The maximum atomic E-state index is 8.61. The van der Waals surface area contributed by atoms with E-state index in [1.54, 1.807) is 0 Å². The second-order valence-electron chi connectivity index (χ2n) is 4.69. The zero-order valence-electron chi connectivity index (χ0n) is 11.4. The van der Waals surface area contributed by atoms with Crippen LogP contribution in [0.3, 0.4) is 0 Å². The van der Waals surface area contributed by atoms with Gasteiger partial charge in [-0.15, -0.1) is 0 Å². The molecular formula is C14H17N5. The molecule has 0 saturated heterocycles. The van der Waals surface area contributed by atoms with Crippen molar-refractivity contribution in [2.24, 2.45) is 0 Å². The number of aromatic nitrogens is 2. The van der Waals surface area contributed by atoms with E-state index in [2.05, 4.69) is 16.0 Å². The minimum Gasteiger partial charge on any atom is -0.383 e. The van der Waals surface area contributed by atoms with Gasteiger partial charge in [-0.25, -0.2) is 4.98 Å². The molecule has 0 atom stereocenters. The third-order valence-electron chi connectivity index (χ3n) is 3.23. The van der Waals surface area contributed by atoms with Gasteiger partial charge in [-0.2, -0.15) is 10.2 Å². The van der Waals surface area contributed by atoms with Gasteiger partial charge in [0.15, 0.2) is 0 Å². The molecule has 0 amide bonds. The molecule has 0 saturated carbocycles. The van der Waals surface area contributed by atoms with Gasteiger partial charge in [0, 0.05) is 19.0 Å². The Bertz CT molecular complexity index is 657. The van der Waals surface area contributed by atoms with Gasteiger partial charge in [0.25, 0.3) is 0 Å². The van der Waals surface area contributed by atoms with E-state index < -0.39 is 0 Å². The summed E-state index contributed by atoms with van der Waals surface area (Å²) in [5.74, 6) is 1.04. The maximum absolute atomic E-state index is 8.61. The van der Waals surface area contributed by atoms with Gasteiger partial charge in [0.2, 0.25) is 5.95 Å². The number of nitrogens with two attached hydrogens (primary N) is 1. The fraction of sp³-hybridized carbons (Fsp3) is 0.357. The number of anilines is 2. The minimum absolute atomic E-state index is 0.435. The highest BCUT2D eigenvalue weighted by Crippen LogP contribution is 2.24. The average Bonchev–Trinajstić information content (AvgIpc) is 2.38. The Morgan fingerprint density at radius 1 is 1.26 bits per heavy atom. The largest absolute Gasteiger partial charge is 0.383 e. The molecular weight excluding hydrogens is 238 g/mol. The molecule has 5 heteroatoms. The highest BCUT2D eigenvalue weighted by molar-refractivity contribution is 5.90. The SMILES string of the molecule is Cc1cc2nc(N(C)CCC#N)nc(N)c2cc1C. The summed E-state index contributed by atoms with van der Waals surface area (Å²) in [6.45, 7) is 4.68. The van der Waals surface area contributed by atoms with Crippen LogP contribution in [0.2, 0.25) is 0 Å². The van der Waals surface area contributed by atoms with E-state index in [1.807, 2.05) is 37.9 Å². The zero-order valence-corrected chi connectivity index (χ0v) is 11.4. The van der Waals surface area contributed by atoms with E-state index in [0.717, 1.165) is 10.9 Å². The van der Waals surface area contributed by atoms with E-state index >= 15 is 0 Å². The quantitative estimate of drug-likeness (QED) is 0.909. The lowest BCUT2D eigenvalue weighted by Crippen LogP contribution is -2.21. The average molecular weight is 255 g/mol. The Balaban J connectivity index is 2.49. The number of aryl methyl sites for hydroxylation is 2. The summed E-state index contributed by atoms with van der Waals surface area (Å²) in [5, 5.41) is 9.49. The molecule has 0 bridgehead atoms. The predicted molar refractivity (Wildman–Crippen MR) is 76.9 cm³/mol. The van der Waals surface area contributed by atoms with Crippen LogP contribution < -0.4 is 10.6 Å². The van der Waals surface area contributed by atoms with Gasteiger partial charge in [0.05, 0.1) is 18.0 Å². The van der Waals surface area contributed by atoms with E-state index in [0.29, 0.717) is 24.7 Å². The molecule has 0 spiro atoms. The summed E-state index contributed by atoms with van der Waals surface area (Å²) in [5.41, 5.74) is 9.19. The topological polar surface area (TPSA) is 78.8 Å². The monoisotopic (exact) mass is 255 g/mol. The van der Waals surface area contributed by atoms with E-state index in [1.165, 1.54) is 11.1 Å². The number of nitrogen functional groups attached to an aromatic ring is 1. The minimum atomic E-state index is 0.435. The van der Waals surface area contributed by atoms with Crippen LogP contribution in [-0.2, 0) is 0 Å². The van der Waals surface area contributed by atoms with Crippen LogP contribution in [0, 0.1) is 25.2 Å². The van der Waals surface area contributed by atoms with Gasteiger partial charge in [-0.3, -0.25) is 0 Å². The van der Waals surface area contributed by atoms with Gasteiger partial charge in [-0.1, -0.05) is 0 Å². The fourth-order valence-electron chi connectivity index (χ4n) is 1.89. The van der Waals surface area contributed by atoms with Crippen LogP contribution in [0.5, 0.6) is 0 Å². The summed E-state index contributed by atoms with van der Waals surface area (Å²) >= 11 is 0. The van der Waals surface area contributed by atoms with Crippen LogP contribution in [-0.4, -0.2) is 23.6 Å². The maximum Gasteiger partial charge on any atom is 0.227 e.